The second kappa shape index (κ2) is 5.15. The zero-order valence-corrected chi connectivity index (χ0v) is 11.3. The Morgan fingerprint density at radius 3 is 2.41 bits per heavy atom. The molecule has 2 rings (SSSR count). The van der Waals surface area contributed by atoms with Crippen LogP contribution < -0.4 is 10.4 Å². The molecule has 0 bridgehead atoms. The Kier molecular flexibility index (Phi) is 3.60. The van der Waals surface area contributed by atoms with E-state index in [1.165, 1.54) is 27.1 Å². The topological polar surface area (TPSA) is 0 Å². The summed E-state index contributed by atoms with van der Waals surface area (Å²) in [7, 11) is 0.706. The van der Waals surface area contributed by atoms with E-state index >= 15 is 0 Å². The average Bonchev–Trinajstić information content (AvgIpc) is 2.35. The molecule has 0 heterocycles. The molecule has 0 spiro atoms. The standard InChI is InChI=1S/C16H16Si/c1-4-14-9-5-6-10-16(14)17-15-11-7-8-12(2)13(15)3/h4-11H,1H2,2-3H3. The van der Waals surface area contributed by atoms with Gasteiger partial charge in [0.05, 0.1) is 0 Å². The molecular formula is C16H16Si. The maximum atomic E-state index is 3.88. The van der Waals surface area contributed by atoms with Crippen molar-refractivity contribution in [2.24, 2.45) is 0 Å². The van der Waals surface area contributed by atoms with Gasteiger partial charge in [-0.15, -0.1) is 0 Å². The van der Waals surface area contributed by atoms with Crippen LogP contribution in [0.4, 0.5) is 0 Å². The highest BCUT2D eigenvalue weighted by Gasteiger charge is 2.05. The number of aryl methyl sites for hydroxylation is 1. The van der Waals surface area contributed by atoms with Crippen molar-refractivity contribution in [1.82, 2.24) is 0 Å². The Hall–Kier alpha value is -1.60. The fourth-order valence-electron chi connectivity index (χ4n) is 1.82. The number of hydrogen-bond acceptors (Lipinski definition) is 0. The maximum Gasteiger partial charge on any atom is 0.122 e. The van der Waals surface area contributed by atoms with Gasteiger partial charge in [0.1, 0.15) is 9.52 Å². The minimum atomic E-state index is 0.706. The molecule has 0 nitrogen and oxygen atoms in total. The highest BCUT2D eigenvalue weighted by Crippen LogP contribution is 2.03. The third-order valence-corrected chi connectivity index (χ3v) is 4.59. The van der Waals surface area contributed by atoms with E-state index in [4.69, 9.17) is 0 Å². The lowest BCUT2D eigenvalue weighted by Gasteiger charge is -2.09. The molecule has 0 atom stereocenters. The van der Waals surface area contributed by atoms with Gasteiger partial charge in [0.2, 0.25) is 0 Å². The van der Waals surface area contributed by atoms with Crippen LogP contribution >= 0.6 is 0 Å². The molecule has 0 amide bonds. The van der Waals surface area contributed by atoms with Gasteiger partial charge < -0.3 is 0 Å². The number of rotatable bonds is 3. The van der Waals surface area contributed by atoms with E-state index in [-0.39, 0.29) is 0 Å². The molecule has 2 aromatic rings. The van der Waals surface area contributed by atoms with Crippen LogP contribution in [-0.2, 0) is 0 Å². The summed E-state index contributed by atoms with van der Waals surface area (Å²) in [6, 6.07) is 15.0. The van der Waals surface area contributed by atoms with Gasteiger partial charge in [0.15, 0.2) is 0 Å². The second-order valence-corrected chi connectivity index (χ2v) is 5.49. The molecule has 17 heavy (non-hydrogen) atoms. The van der Waals surface area contributed by atoms with Gasteiger partial charge in [-0.2, -0.15) is 0 Å². The number of benzene rings is 2. The van der Waals surface area contributed by atoms with Crippen molar-refractivity contribution in [3.63, 3.8) is 0 Å². The van der Waals surface area contributed by atoms with Crippen molar-refractivity contribution in [2.45, 2.75) is 13.8 Å². The summed E-state index contributed by atoms with van der Waals surface area (Å²) < 4.78 is 0. The molecule has 84 valence electrons. The van der Waals surface area contributed by atoms with E-state index < -0.39 is 0 Å². The Labute approximate surface area is 106 Å². The van der Waals surface area contributed by atoms with Gasteiger partial charge in [-0.25, -0.2) is 0 Å². The molecule has 0 saturated heterocycles. The van der Waals surface area contributed by atoms with E-state index in [1.807, 2.05) is 6.08 Å². The van der Waals surface area contributed by atoms with Crippen LogP contribution in [0.3, 0.4) is 0 Å². The summed E-state index contributed by atoms with van der Waals surface area (Å²) in [6.45, 7) is 8.25. The Morgan fingerprint density at radius 1 is 0.941 bits per heavy atom. The number of hydrogen-bond donors (Lipinski definition) is 0. The summed E-state index contributed by atoms with van der Waals surface area (Å²) in [5, 5.41) is 2.80. The van der Waals surface area contributed by atoms with Crippen LogP contribution in [0.15, 0.2) is 49.0 Å². The van der Waals surface area contributed by atoms with E-state index in [1.54, 1.807) is 0 Å². The van der Waals surface area contributed by atoms with Crippen molar-refractivity contribution in [3.8, 4) is 0 Å². The van der Waals surface area contributed by atoms with Crippen molar-refractivity contribution >= 4 is 26.0 Å². The highest BCUT2D eigenvalue weighted by atomic mass is 28.2. The smallest absolute Gasteiger partial charge is 0.0985 e. The molecule has 0 N–H and O–H groups in total. The largest absolute Gasteiger partial charge is 0.122 e. The van der Waals surface area contributed by atoms with E-state index in [9.17, 15) is 0 Å². The molecule has 0 unspecified atom stereocenters. The average molecular weight is 236 g/mol. The molecule has 0 saturated carbocycles. The first-order valence-corrected chi connectivity index (χ1v) is 6.77. The van der Waals surface area contributed by atoms with Gasteiger partial charge in [-0.05, 0) is 30.5 Å². The summed E-state index contributed by atoms with van der Waals surface area (Å²) in [6.07, 6.45) is 1.94. The highest BCUT2D eigenvalue weighted by molar-refractivity contribution is 6.68. The zero-order chi connectivity index (χ0) is 12.3. The second-order valence-electron chi connectivity index (χ2n) is 4.16. The van der Waals surface area contributed by atoms with Crippen molar-refractivity contribution in [2.75, 3.05) is 0 Å². The predicted molar refractivity (Wildman–Crippen MR) is 77.5 cm³/mol. The lowest BCUT2D eigenvalue weighted by Crippen LogP contribution is -2.31. The molecule has 2 radical (unpaired) electrons. The normalized spacial score (nSPS) is 10.2. The van der Waals surface area contributed by atoms with Crippen LogP contribution in [0.1, 0.15) is 16.7 Å². The van der Waals surface area contributed by atoms with Gasteiger partial charge in [0.25, 0.3) is 0 Å². The summed E-state index contributed by atoms with van der Waals surface area (Å²) in [4.78, 5) is 0. The quantitative estimate of drug-likeness (QED) is 0.719. The monoisotopic (exact) mass is 236 g/mol. The van der Waals surface area contributed by atoms with Crippen molar-refractivity contribution < 1.29 is 0 Å². The van der Waals surface area contributed by atoms with E-state index in [2.05, 4.69) is 62.9 Å². The third kappa shape index (κ3) is 2.56. The fourth-order valence-corrected chi connectivity index (χ4v) is 3.18. The lowest BCUT2D eigenvalue weighted by atomic mass is 10.1. The van der Waals surface area contributed by atoms with E-state index in [0.717, 1.165) is 0 Å². The van der Waals surface area contributed by atoms with Gasteiger partial charge in [-0.1, -0.05) is 65.5 Å². The SMILES string of the molecule is C=Cc1ccccc1[Si]c1cccc(C)c1C. The van der Waals surface area contributed by atoms with Gasteiger partial charge >= 0.3 is 0 Å². The third-order valence-electron chi connectivity index (χ3n) is 3.05. The summed E-state index contributed by atoms with van der Waals surface area (Å²) in [5.41, 5.74) is 4.02. The Bertz CT molecular complexity index is 541. The lowest BCUT2D eigenvalue weighted by molar-refractivity contribution is 1.37. The first kappa shape index (κ1) is 11.9. The van der Waals surface area contributed by atoms with Crippen LogP contribution in [0, 0.1) is 13.8 Å². The molecule has 0 aliphatic carbocycles. The Balaban J connectivity index is 2.38. The van der Waals surface area contributed by atoms with Gasteiger partial charge in [-0.3, -0.25) is 0 Å². The molecule has 0 aliphatic rings. The van der Waals surface area contributed by atoms with Crippen LogP contribution in [0.5, 0.6) is 0 Å². The molecule has 2 aromatic carbocycles. The molecule has 0 aromatic heterocycles. The fraction of sp³-hybridized carbons (Fsp3) is 0.125. The molecule has 0 aliphatic heterocycles. The van der Waals surface area contributed by atoms with Crippen LogP contribution in [-0.4, -0.2) is 9.52 Å². The van der Waals surface area contributed by atoms with Crippen LogP contribution in [0.25, 0.3) is 6.08 Å². The minimum Gasteiger partial charge on any atom is -0.0985 e. The zero-order valence-electron chi connectivity index (χ0n) is 10.3. The Morgan fingerprint density at radius 2 is 1.65 bits per heavy atom. The summed E-state index contributed by atoms with van der Waals surface area (Å²) in [5.74, 6) is 0. The van der Waals surface area contributed by atoms with Crippen molar-refractivity contribution in [3.05, 3.63) is 65.7 Å². The van der Waals surface area contributed by atoms with Gasteiger partial charge in [0, 0.05) is 0 Å². The molecule has 0 fully saturated rings. The van der Waals surface area contributed by atoms with E-state index in [0.29, 0.717) is 9.52 Å². The first-order valence-electron chi connectivity index (χ1n) is 5.77. The first-order chi connectivity index (χ1) is 8.22. The van der Waals surface area contributed by atoms with Crippen molar-refractivity contribution in [1.29, 1.82) is 0 Å². The maximum absolute atomic E-state index is 3.88. The van der Waals surface area contributed by atoms with Crippen LogP contribution in [0.2, 0.25) is 0 Å². The molecule has 1 heteroatoms. The molecular weight excluding hydrogens is 220 g/mol. The minimum absolute atomic E-state index is 0.706. The predicted octanol–water partition coefficient (Wildman–Crippen LogP) is 2.60. The summed E-state index contributed by atoms with van der Waals surface area (Å²) >= 11 is 0.